The highest BCUT2D eigenvalue weighted by Crippen LogP contribution is 2.22. The van der Waals surface area contributed by atoms with E-state index in [1.165, 1.54) is 6.07 Å². The van der Waals surface area contributed by atoms with Crippen molar-refractivity contribution in [1.82, 2.24) is 0 Å². The highest BCUT2D eigenvalue weighted by atomic mass is 35.5. The van der Waals surface area contributed by atoms with Crippen molar-refractivity contribution < 1.29 is 19.1 Å². The number of hydrogen-bond acceptors (Lipinski definition) is 5. The molecule has 0 aliphatic heterocycles. The van der Waals surface area contributed by atoms with Crippen LogP contribution in [0.2, 0.25) is 5.02 Å². The average molecular weight is 449 g/mol. The first kappa shape index (κ1) is 23.6. The molecule has 0 saturated carbocycles. The van der Waals surface area contributed by atoms with Crippen LogP contribution in [0.5, 0.6) is 0 Å². The third kappa shape index (κ3) is 7.00. The van der Waals surface area contributed by atoms with Gasteiger partial charge in [0.2, 0.25) is 0 Å². The summed E-state index contributed by atoms with van der Waals surface area (Å²) in [5.41, 5.74) is 2.58. The minimum atomic E-state index is -0.545. The highest BCUT2D eigenvalue weighted by molar-refractivity contribution is 7.80. The quantitative estimate of drug-likeness (QED) is 0.440. The van der Waals surface area contributed by atoms with Crippen LogP contribution >= 0.6 is 23.8 Å². The molecular weight excluding hydrogens is 424 g/mol. The van der Waals surface area contributed by atoms with Gasteiger partial charge in [0.1, 0.15) is 0 Å². The summed E-state index contributed by atoms with van der Waals surface area (Å²) in [6.45, 7) is 8.92. The maximum Gasteiger partial charge on any atom is 0.338 e. The number of ether oxygens (including phenoxy) is 2. The van der Waals surface area contributed by atoms with Gasteiger partial charge in [-0.1, -0.05) is 17.7 Å². The number of carbonyl (C=O) groups is 2. The Kier molecular flexibility index (Phi) is 8.20. The van der Waals surface area contributed by atoms with Gasteiger partial charge in [-0.2, -0.15) is 0 Å². The average Bonchev–Trinajstić information content (AvgIpc) is 2.63. The summed E-state index contributed by atoms with van der Waals surface area (Å²) < 4.78 is 10.5. The number of thiocarbonyl (C=S) groups is 1. The second-order valence-corrected chi connectivity index (χ2v) is 8.09. The zero-order valence-corrected chi connectivity index (χ0v) is 19.1. The molecule has 0 fully saturated rings. The molecule has 30 heavy (non-hydrogen) atoms. The largest absolute Gasteiger partial charge is 0.459 e. The SMILES string of the molecule is Cc1ccc(Cl)cc1NC(=S)Nc1cc(C(=O)OC(C)C)cc(C(=O)OC(C)C)c1. The van der Waals surface area contributed by atoms with Crippen molar-refractivity contribution in [3.63, 3.8) is 0 Å². The topological polar surface area (TPSA) is 76.7 Å². The molecular formula is C22H25ClN2O4S. The third-order valence-corrected chi connectivity index (χ3v) is 4.23. The van der Waals surface area contributed by atoms with Gasteiger partial charge in [0.05, 0.1) is 23.3 Å². The van der Waals surface area contributed by atoms with Crippen LogP contribution in [-0.4, -0.2) is 29.3 Å². The van der Waals surface area contributed by atoms with Crippen LogP contribution in [0, 0.1) is 6.92 Å². The van der Waals surface area contributed by atoms with Gasteiger partial charge < -0.3 is 20.1 Å². The molecule has 8 heteroatoms. The van der Waals surface area contributed by atoms with Gasteiger partial charge in [-0.3, -0.25) is 0 Å². The summed E-state index contributed by atoms with van der Waals surface area (Å²) in [5, 5.41) is 6.91. The lowest BCUT2D eigenvalue weighted by atomic mass is 10.1. The molecule has 0 saturated heterocycles. The van der Waals surface area contributed by atoms with Crippen LogP contribution in [0.4, 0.5) is 11.4 Å². The zero-order chi connectivity index (χ0) is 22.4. The van der Waals surface area contributed by atoms with Gasteiger partial charge in [0.25, 0.3) is 0 Å². The van der Waals surface area contributed by atoms with E-state index in [2.05, 4.69) is 10.6 Å². The Hall–Kier alpha value is -2.64. The van der Waals surface area contributed by atoms with E-state index in [9.17, 15) is 9.59 Å². The number of aryl methyl sites for hydroxylation is 1. The van der Waals surface area contributed by atoms with Gasteiger partial charge in [-0.05, 0) is 82.7 Å². The Bertz CT molecular complexity index is 920. The smallest absolute Gasteiger partial charge is 0.338 e. The van der Waals surface area contributed by atoms with Crippen molar-refractivity contribution in [2.75, 3.05) is 10.6 Å². The van der Waals surface area contributed by atoms with Crippen LogP contribution in [0.25, 0.3) is 0 Å². The Morgan fingerprint density at radius 1 is 0.900 bits per heavy atom. The van der Waals surface area contributed by atoms with E-state index in [1.54, 1.807) is 52.0 Å². The molecule has 2 N–H and O–H groups in total. The Morgan fingerprint density at radius 2 is 1.43 bits per heavy atom. The highest BCUT2D eigenvalue weighted by Gasteiger charge is 2.17. The maximum atomic E-state index is 12.4. The van der Waals surface area contributed by atoms with Gasteiger partial charge in [0.15, 0.2) is 5.11 Å². The Morgan fingerprint density at radius 3 is 1.93 bits per heavy atom. The maximum absolute atomic E-state index is 12.4. The summed E-state index contributed by atoms with van der Waals surface area (Å²) in [5.74, 6) is -1.09. The summed E-state index contributed by atoms with van der Waals surface area (Å²) in [6, 6.07) is 9.99. The zero-order valence-electron chi connectivity index (χ0n) is 17.5. The van der Waals surface area contributed by atoms with Crippen molar-refractivity contribution >= 4 is 52.2 Å². The fourth-order valence-electron chi connectivity index (χ4n) is 2.51. The second-order valence-electron chi connectivity index (χ2n) is 7.25. The number of anilines is 2. The van der Waals surface area contributed by atoms with Crippen molar-refractivity contribution in [3.05, 3.63) is 58.1 Å². The van der Waals surface area contributed by atoms with Gasteiger partial charge in [-0.25, -0.2) is 9.59 Å². The first-order chi connectivity index (χ1) is 14.0. The molecule has 0 bridgehead atoms. The predicted molar refractivity (Wildman–Crippen MR) is 124 cm³/mol. The van der Waals surface area contributed by atoms with E-state index >= 15 is 0 Å². The number of carbonyl (C=O) groups excluding carboxylic acids is 2. The molecule has 160 valence electrons. The molecule has 0 amide bonds. The Balaban J connectivity index is 2.30. The molecule has 0 atom stereocenters. The molecule has 0 aliphatic rings. The van der Waals surface area contributed by atoms with Crippen LogP contribution in [-0.2, 0) is 9.47 Å². The lowest BCUT2D eigenvalue weighted by Crippen LogP contribution is -2.21. The molecule has 2 rings (SSSR count). The number of benzene rings is 2. The number of nitrogens with one attached hydrogen (secondary N) is 2. The summed E-state index contributed by atoms with van der Waals surface area (Å²) in [6.07, 6.45) is -0.595. The molecule has 2 aromatic carbocycles. The fraction of sp³-hybridized carbons (Fsp3) is 0.318. The molecule has 0 aromatic heterocycles. The minimum Gasteiger partial charge on any atom is -0.459 e. The number of halogens is 1. The van der Waals surface area contributed by atoms with E-state index in [4.69, 9.17) is 33.3 Å². The Labute approximate surface area is 186 Å². The first-order valence-electron chi connectivity index (χ1n) is 9.46. The van der Waals surface area contributed by atoms with Gasteiger partial charge >= 0.3 is 11.9 Å². The van der Waals surface area contributed by atoms with E-state index < -0.39 is 11.9 Å². The lowest BCUT2D eigenvalue weighted by Gasteiger charge is -2.15. The van der Waals surface area contributed by atoms with E-state index in [-0.39, 0.29) is 28.4 Å². The first-order valence-corrected chi connectivity index (χ1v) is 10.2. The summed E-state index contributed by atoms with van der Waals surface area (Å²) >= 11 is 11.4. The van der Waals surface area contributed by atoms with Crippen molar-refractivity contribution in [2.45, 2.75) is 46.8 Å². The number of esters is 2. The standard InChI is InChI=1S/C22H25ClN2O4S/c1-12(2)28-20(26)15-8-16(21(27)29-13(3)4)10-18(9-15)24-22(30)25-19-11-17(23)7-6-14(19)5/h6-13H,1-5H3,(H2,24,25,30). The number of hydrogen-bond donors (Lipinski definition) is 2. The minimum absolute atomic E-state index is 0.214. The van der Waals surface area contributed by atoms with Gasteiger partial charge in [0, 0.05) is 16.4 Å². The molecule has 0 spiro atoms. The van der Waals surface area contributed by atoms with Crippen LogP contribution < -0.4 is 10.6 Å². The van der Waals surface area contributed by atoms with E-state index in [0.717, 1.165) is 11.3 Å². The normalized spacial score (nSPS) is 10.7. The molecule has 0 heterocycles. The molecule has 0 radical (unpaired) electrons. The van der Waals surface area contributed by atoms with Crippen LogP contribution in [0.3, 0.4) is 0 Å². The number of rotatable bonds is 6. The van der Waals surface area contributed by atoms with E-state index in [0.29, 0.717) is 10.7 Å². The van der Waals surface area contributed by atoms with Crippen molar-refractivity contribution in [2.24, 2.45) is 0 Å². The van der Waals surface area contributed by atoms with Crippen molar-refractivity contribution in [3.8, 4) is 0 Å². The van der Waals surface area contributed by atoms with Crippen LogP contribution in [0.1, 0.15) is 54.0 Å². The van der Waals surface area contributed by atoms with Gasteiger partial charge in [-0.15, -0.1) is 0 Å². The molecule has 2 aromatic rings. The predicted octanol–water partition coefficient (Wildman–Crippen LogP) is 5.59. The molecule has 0 unspecified atom stereocenters. The fourth-order valence-corrected chi connectivity index (χ4v) is 2.91. The van der Waals surface area contributed by atoms with Crippen LogP contribution in [0.15, 0.2) is 36.4 Å². The summed E-state index contributed by atoms with van der Waals surface area (Å²) in [7, 11) is 0. The molecule has 6 nitrogen and oxygen atoms in total. The van der Waals surface area contributed by atoms with Crippen molar-refractivity contribution in [1.29, 1.82) is 0 Å². The summed E-state index contributed by atoms with van der Waals surface area (Å²) in [4.78, 5) is 24.8. The van der Waals surface area contributed by atoms with E-state index in [1.807, 2.05) is 13.0 Å². The monoisotopic (exact) mass is 448 g/mol. The molecule has 0 aliphatic carbocycles. The second kappa shape index (κ2) is 10.4. The lowest BCUT2D eigenvalue weighted by molar-refractivity contribution is 0.0377. The third-order valence-electron chi connectivity index (χ3n) is 3.80.